The second kappa shape index (κ2) is 9.35. The highest BCUT2D eigenvalue weighted by Gasteiger charge is 2.35. The molecule has 0 aliphatic carbocycles. The minimum atomic E-state index is -4.62. The average Bonchev–Trinajstić information content (AvgIpc) is 3.18. The summed E-state index contributed by atoms with van der Waals surface area (Å²) < 4.78 is 43.1. The number of amides is 2. The summed E-state index contributed by atoms with van der Waals surface area (Å²) in [5.74, 6) is 0.212. The third kappa shape index (κ3) is 6.27. The zero-order chi connectivity index (χ0) is 21.6. The first-order valence-electron chi connectivity index (χ1n) is 8.63. The van der Waals surface area contributed by atoms with E-state index in [2.05, 4.69) is 20.8 Å². The van der Waals surface area contributed by atoms with Crippen molar-refractivity contribution in [2.75, 3.05) is 10.6 Å². The molecule has 2 aromatic carbocycles. The van der Waals surface area contributed by atoms with Crippen LogP contribution in [0, 0.1) is 0 Å². The molecule has 2 N–H and O–H groups in total. The van der Waals surface area contributed by atoms with E-state index in [1.807, 2.05) is 30.3 Å². The maximum Gasteiger partial charge on any atom is 0.445 e. The van der Waals surface area contributed by atoms with Crippen LogP contribution in [-0.4, -0.2) is 22.0 Å². The monoisotopic (exact) mass is 436 g/mol. The Kier molecular flexibility index (Phi) is 6.62. The van der Waals surface area contributed by atoms with E-state index in [-0.39, 0.29) is 29.3 Å². The van der Waals surface area contributed by atoms with Crippen LogP contribution in [0.1, 0.15) is 17.8 Å². The average molecular weight is 436 g/mol. The summed E-state index contributed by atoms with van der Waals surface area (Å²) in [6, 6.07) is 15.9. The van der Waals surface area contributed by atoms with Gasteiger partial charge in [-0.15, -0.1) is 10.2 Å². The van der Waals surface area contributed by atoms with Crippen LogP contribution in [0.25, 0.3) is 0 Å². The Morgan fingerprint density at radius 3 is 2.07 bits per heavy atom. The number of para-hydroxylation sites is 1. The van der Waals surface area contributed by atoms with Crippen molar-refractivity contribution >= 4 is 34.0 Å². The molecule has 0 radical (unpaired) electrons. The Morgan fingerprint density at radius 1 is 0.867 bits per heavy atom. The highest BCUT2D eigenvalue weighted by atomic mass is 32.1. The van der Waals surface area contributed by atoms with Crippen molar-refractivity contribution in [2.45, 2.75) is 19.0 Å². The summed E-state index contributed by atoms with van der Waals surface area (Å²) in [5, 5.41) is 9.61. The smallest absolute Gasteiger partial charge is 0.445 e. The number of alkyl halides is 3. The van der Waals surface area contributed by atoms with Gasteiger partial charge >= 0.3 is 6.18 Å². The van der Waals surface area contributed by atoms with Crippen molar-refractivity contribution in [2.24, 2.45) is 0 Å². The van der Waals surface area contributed by atoms with E-state index in [0.29, 0.717) is 17.2 Å². The molecule has 0 saturated carbocycles. The molecule has 0 fully saturated rings. The molecule has 7 nitrogen and oxygen atoms in total. The van der Waals surface area contributed by atoms with E-state index in [1.54, 1.807) is 24.3 Å². The topological polar surface area (TPSA) is 93.2 Å². The number of rotatable bonds is 7. The van der Waals surface area contributed by atoms with Crippen LogP contribution in [-0.2, 0) is 15.8 Å². The van der Waals surface area contributed by atoms with Gasteiger partial charge in [0.1, 0.15) is 11.5 Å². The summed E-state index contributed by atoms with van der Waals surface area (Å²) in [6.07, 6.45) is -5.00. The Bertz CT molecular complexity index is 1010. The fraction of sp³-hybridized carbons (Fsp3) is 0.158. The predicted octanol–water partition coefficient (Wildman–Crippen LogP) is 4.71. The van der Waals surface area contributed by atoms with Crippen molar-refractivity contribution in [3.8, 4) is 11.5 Å². The molecule has 0 unspecified atom stereocenters. The van der Waals surface area contributed by atoms with Gasteiger partial charge in [0.2, 0.25) is 22.0 Å². The second-order valence-corrected chi connectivity index (χ2v) is 6.92. The molecule has 0 saturated heterocycles. The van der Waals surface area contributed by atoms with Crippen molar-refractivity contribution in [1.82, 2.24) is 10.2 Å². The van der Waals surface area contributed by atoms with Crippen molar-refractivity contribution in [3.05, 3.63) is 59.6 Å². The summed E-state index contributed by atoms with van der Waals surface area (Å²) in [6.45, 7) is 0. The van der Waals surface area contributed by atoms with Gasteiger partial charge in [0.15, 0.2) is 0 Å². The molecule has 0 bridgehead atoms. The largest absolute Gasteiger partial charge is 0.457 e. The minimum Gasteiger partial charge on any atom is -0.457 e. The molecule has 0 atom stereocenters. The highest BCUT2D eigenvalue weighted by Crippen LogP contribution is 2.33. The predicted molar refractivity (Wildman–Crippen MR) is 104 cm³/mol. The molecular formula is C19H15F3N4O3S. The number of nitrogens with zero attached hydrogens (tertiary/aromatic N) is 2. The van der Waals surface area contributed by atoms with Gasteiger partial charge in [-0.25, -0.2) is 0 Å². The summed E-state index contributed by atoms with van der Waals surface area (Å²) in [4.78, 5) is 23.8. The van der Waals surface area contributed by atoms with Gasteiger partial charge in [-0.05, 0) is 36.4 Å². The van der Waals surface area contributed by atoms with Gasteiger partial charge in [-0.1, -0.05) is 29.5 Å². The fourth-order valence-electron chi connectivity index (χ4n) is 2.25. The van der Waals surface area contributed by atoms with Crippen LogP contribution >= 0.6 is 11.3 Å². The number of halogens is 3. The number of anilines is 2. The first-order chi connectivity index (χ1) is 14.3. The van der Waals surface area contributed by atoms with Crippen molar-refractivity contribution in [1.29, 1.82) is 0 Å². The number of carbonyl (C=O) groups excluding carboxylic acids is 2. The van der Waals surface area contributed by atoms with Crippen molar-refractivity contribution < 1.29 is 27.5 Å². The van der Waals surface area contributed by atoms with Gasteiger partial charge < -0.3 is 15.4 Å². The molecule has 1 aromatic heterocycles. The standard InChI is InChI=1S/C19H15F3N4O3S/c20-19(21,22)17-25-26-18(30-17)24-16(28)11-10-15(27)23-12-6-8-14(9-7-12)29-13-4-2-1-3-5-13/h1-9H,10-11H2,(H,23,27)(H,24,26,28). The van der Waals surface area contributed by atoms with Gasteiger partial charge in [0, 0.05) is 18.5 Å². The number of aromatic nitrogens is 2. The number of hydrogen-bond donors (Lipinski definition) is 2. The maximum atomic E-state index is 12.5. The van der Waals surface area contributed by atoms with Gasteiger partial charge in [-0.2, -0.15) is 13.2 Å². The molecule has 30 heavy (non-hydrogen) atoms. The Hall–Kier alpha value is -3.47. The van der Waals surface area contributed by atoms with Gasteiger partial charge in [0.05, 0.1) is 0 Å². The SMILES string of the molecule is O=C(CCC(=O)Nc1nnc(C(F)(F)F)s1)Nc1ccc(Oc2ccccc2)cc1. The van der Waals surface area contributed by atoms with E-state index in [0.717, 1.165) is 0 Å². The molecular weight excluding hydrogens is 421 g/mol. The van der Waals surface area contributed by atoms with Crippen LogP contribution in [0.2, 0.25) is 0 Å². The third-order valence-electron chi connectivity index (χ3n) is 3.61. The zero-order valence-electron chi connectivity index (χ0n) is 15.3. The van der Waals surface area contributed by atoms with Gasteiger partial charge in [0.25, 0.3) is 0 Å². The van der Waals surface area contributed by atoms with Crippen LogP contribution in [0.4, 0.5) is 24.0 Å². The summed E-state index contributed by atoms with van der Waals surface area (Å²) in [5.41, 5.74) is 0.514. The number of ether oxygens (including phenoxy) is 1. The third-order valence-corrected chi connectivity index (χ3v) is 4.49. The van der Waals surface area contributed by atoms with E-state index in [1.165, 1.54) is 0 Å². The lowest BCUT2D eigenvalue weighted by atomic mass is 10.2. The Labute approximate surface area is 172 Å². The van der Waals surface area contributed by atoms with E-state index in [9.17, 15) is 22.8 Å². The molecule has 0 spiro atoms. The van der Waals surface area contributed by atoms with Gasteiger partial charge in [-0.3, -0.25) is 9.59 Å². The molecule has 0 aliphatic heterocycles. The van der Waals surface area contributed by atoms with E-state index < -0.39 is 23.0 Å². The van der Waals surface area contributed by atoms with E-state index in [4.69, 9.17) is 4.74 Å². The molecule has 1 heterocycles. The van der Waals surface area contributed by atoms with Crippen LogP contribution < -0.4 is 15.4 Å². The zero-order valence-corrected chi connectivity index (χ0v) is 16.1. The Balaban J connectivity index is 1.44. The van der Waals surface area contributed by atoms with E-state index >= 15 is 0 Å². The molecule has 3 rings (SSSR count). The first-order valence-corrected chi connectivity index (χ1v) is 9.44. The lowest BCUT2D eigenvalue weighted by Gasteiger charge is -2.08. The molecule has 156 valence electrons. The highest BCUT2D eigenvalue weighted by molar-refractivity contribution is 7.15. The fourth-order valence-corrected chi connectivity index (χ4v) is 2.88. The molecule has 0 aliphatic rings. The first kappa shape index (κ1) is 21.2. The minimum absolute atomic E-state index is 0.154. The molecule has 3 aromatic rings. The lowest BCUT2D eigenvalue weighted by molar-refractivity contribution is -0.138. The molecule has 11 heteroatoms. The summed E-state index contributed by atoms with van der Waals surface area (Å²) >= 11 is 0.215. The van der Waals surface area contributed by atoms with Crippen LogP contribution in [0.3, 0.4) is 0 Å². The van der Waals surface area contributed by atoms with Crippen LogP contribution in [0.5, 0.6) is 11.5 Å². The normalized spacial score (nSPS) is 11.0. The quantitative estimate of drug-likeness (QED) is 0.560. The maximum absolute atomic E-state index is 12.5. The lowest BCUT2D eigenvalue weighted by Crippen LogP contribution is -2.17. The van der Waals surface area contributed by atoms with Crippen LogP contribution in [0.15, 0.2) is 54.6 Å². The summed E-state index contributed by atoms with van der Waals surface area (Å²) in [7, 11) is 0. The second-order valence-electron chi connectivity index (χ2n) is 5.95. The van der Waals surface area contributed by atoms with Crippen molar-refractivity contribution in [3.63, 3.8) is 0 Å². The number of benzene rings is 2. The number of hydrogen-bond acceptors (Lipinski definition) is 6. The number of carbonyl (C=O) groups is 2. The molecule has 2 amide bonds. The Morgan fingerprint density at radius 2 is 1.47 bits per heavy atom. The number of nitrogens with one attached hydrogen (secondary N) is 2.